The lowest BCUT2D eigenvalue weighted by Gasteiger charge is -2.11. The van der Waals surface area contributed by atoms with Gasteiger partial charge in [-0.3, -0.25) is 0 Å². The van der Waals surface area contributed by atoms with E-state index >= 15 is 0 Å². The van der Waals surface area contributed by atoms with Crippen LogP contribution in [0.4, 0.5) is 5.95 Å². The van der Waals surface area contributed by atoms with Crippen LogP contribution in [0.3, 0.4) is 0 Å². The number of halogens is 1. The lowest BCUT2D eigenvalue weighted by Crippen LogP contribution is -2.20. The minimum absolute atomic E-state index is 0.324. The second kappa shape index (κ2) is 5.33. The lowest BCUT2D eigenvalue weighted by molar-refractivity contribution is 0.709. The normalized spacial score (nSPS) is 12.5. The number of hydrogen-bond acceptors (Lipinski definition) is 4. The molecule has 1 heterocycles. The van der Waals surface area contributed by atoms with E-state index in [-0.39, 0.29) is 0 Å². The van der Waals surface area contributed by atoms with Crippen LogP contribution >= 0.6 is 22.6 Å². The second-order valence-corrected chi connectivity index (χ2v) is 4.09. The number of aromatic nitrogens is 2. The maximum atomic E-state index is 5.43. The fourth-order valence-electron chi connectivity index (χ4n) is 0.929. The zero-order valence-electron chi connectivity index (χ0n) is 7.50. The minimum atomic E-state index is 0.324. The topological polar surface area (TPSA) is 63.8 Å². The largest absolute Gasteiger partial charge is 0.352 e. The maximum absolute atomic E-state index is 5.43. The van der Waals surface area contributed by atoms with Gasteiger partial charge in [-0.15, -0.1) is 0 Å². The van der Waals surface area contributed by atoms with Gasteiger partial charge in [-0.2, -0.15) is 0 Å². The van der Waals surface area contributed by atoms with E-state index < -0.39 is 0 Å². The van der Waals surface area contributed by atoms with E-state index in [1.807, 2.05) is 0 Å². The van der Waals surface area contributed by atoms with Crippen LogP contribution in [0, 0.1) is 3.57 Å². The number of nitrogens with one attached hydrogen (secondary N) is 1. The van der Waals surface area contributed by atoms with E-state index in [2.05, 4.69) is 44.8 Å². The van der Waals surface area contributed by atoms with Gasteiger partial charge in [0.1, 0.15) is 0 Å². The Bertz CT molecular complexity index is 249. The van der Waals surface area contributed by atoms with E-state index in [9.17, 15) is 0 Å². The van der Waals surface area contributed by atoms with Gasteiger partial charge in [0, 0.05) is 22.0 Å². The van der Waals surface area contributed by atoms with Crippen LogP contribution in [0.5, 0.6) is 0 Å². The van der Waals surface area contributed by atoms with Gasteiger partial charge >= 0.3 is 0 Å². The Morgan fingerprint density at radius 1 is 1.54 bits per heavy atom. The molecule has 1 aromatic rings. The predicted molar refractivity (Wildman–Crippen MR) is 61.5 cm³/mol. The smallest absolute Gasteiger partial charge is 0.222 e. The fourth-order valence-corrected chi connectivity index (χ4v) is 1.21. The summed E-state index contributed by atoms with van der Waals surface area (Å²) in [6.07, 6.45) is 4.49. The van der Waals surface area contributed by atoms with Crippen LogP contribution in [-0.4, -0.2) is 22.6 Å². The molecule has 0 amide bonds. The molecule has 1 rings (SSSR count). The van der Waals surface area contributed by atoms with Crippen LogP contribution in [0.25, 0.3) is 0 Å². The molecule has 1 aromatic heterocycles. The van der Waals surface area contributed by atoms with Gasteiger partial charge in [0.15, 0.2) is 0 Å². The SMILES string of the molecule is CC(CCN)Nc1ncc(I)cn1. The molecule has 72 valence electrons. The standard InChI is InChI=1S/C8H13IN4/c1-6(2-3-10)13-8-11-4-7(9)5-12-8/h4-6H,2-3,10H2,1H3,(H,11,12,13). The molecule has 0 saturated heterocycles. The molecule has 5 heteroatoms. The molecule has 0 aliphatic heterocycles. The van der Waals surface area contributed by atoms with Gasteiger partial charge in [0.25, 0.3) is 0 Å². The second-order valence-electron chi connectivity index (χ2n) is 2.85. The molecule has 0 radical (unpaired) electrons. The third-order valence-corrected chi connectivity index (χ3v) is 2.15. The minimum Gasteiger partial charge on any atom is -0.352 e. The summed E-state index contributed by atoms with van der Waals surface area (Å²) < 4.78 is 1.04. The summed E-state index contributed by atoms with van der Waals surface area (Å²) in [6.45, 7) is 2.74. The van der Waals surface area contributed by atoms with E-state index in [1.54, 1.807) is 12.4 Å². The van der Waals surface area contributed by atoms with Crippen molar-refractivity contribution in [1.29, 1.82) is 0 Å². The molecule has 4 nitrogen and oxygen atoms in total. The van der Waals surface area contributed by atoms with Crippen molar-refractivity contribution in [3.05, 3.63) is 16.0 Å². The summed E-state index contributed by atoms with van der Waals surface area (Å²) >= 11 is 2.17. The molecule has 1 atom stereocenters. The molecule has 0 fully saturated rings. The lowest BCUT2D eigenvalue weighted by atomic mass is 10.2. The molecule has 0 aromatic carbocycles. The van der Waals surface area contributed by atoms with Crippen molar-refractivity contribution in [3.63, 3.8) is 0 Å². The molecular formula is C8H13IN4. The number of hydrogen-bond donors (Lipinski definition) is 2. The molecule has 1 unspecified atom stereocenters. The Balaban J connectivity index is 2.49. The highest BCUT2D eigenvalue weighted by Crippen LogP contribution is 2.04. The third-order valence-electron chi connectivity index (χ3n) is 1.60. The zero-order chi connectivity index (χ0) is 9.68. The van der Waals surface area contributed by atoms with Crippen molar-refractivity contribution in [2.75, 3.05) is 11.9 Å². The van der Waals surface area contributed by atoms with E-state index in [1.165, 1.54) is 0 Å². The Morgan fingerprint density at radius 3 is 2.69 bits per heavy atom. The summed E-state index contributed by atoms with van der Waals surface area (Å²) in [4.78, 5) is 8.26. The Hall–Kier alpha value is -0.430. The first kappa shape index (κ1) is 10.6. The number of nitrogens with zero attached hydrogens (tertiary/aromatic N) is 2. The van der Waals surface area contributed by atoms with Gasteiger partial charge in [-0.05, 0) is 42.5 Å². The summed E-state index contributed by atoms with van der Waals surface area (Å²) in [5, 5.41) is 3.16. The molecule has 0 saturated carbocycles. The molecule has 0 aliphatic carbocycles. The van der Waals surface area contributed by atoms with E-state index in [0.29, 0.717) is 18.5 Å². The van der Waals surface area contributed by atoms with Crippen molar-refractivity contribution in [1.82, 2.24) is 9.97 Å². The van der Waals surface area contributed by atoms with Crippen LogP contribution < -0.4 is 11.1 Å². The highest BCUT2D eigenvalue weighted by Gasteiger charge is 2.01. The molecule has 0 spiro atoms. The van der Waals surface area contributed by atoms with Crippen LogP contribution in [-0.2, 0) is 0 Å². The maximum Gasteiger partial charge on any atom is 0.222 e. The quantitative estimate of drug-likeness (QED) is 0.819. The molecule has 0 aliphatic rings. The van der Waals surface area contributed by atoms with Gasteiger partial charge in [0.05, 0.1) is 0 Å². The average molecular weight is 292 g/mol. The summed E-state index contributed by atoms with van der Waals surface area (Å²) in [6, 6.07) is 0.324. The Kier molecular flexibility index (Phi) is 4.37. The molecular weight excluding hydrogens is 279 g/mol. The number of anilines is 1. The van der Waals surface area contributed by atoms with Gasteiger partial charge in [-0.1, -0.05) is 0 Å². The van der Waals surface area contributed by atoms with Crippen LogP contribution in [0.1, 0.15) is 13.3 Å². The summed E-state index contributed by atoms with van der Waals surface area (Å²) in [5.41, 5.74) is 5.43. The van der Waals surface area contributed by atoms with Gasteiger partial charge < -0.3 is 11.1 Å². The summed E-state index contributed by atoms with van der Waals surface area (Å²) in [5.74, 6) is 0.668. The number of nitrogens with two attached hydrogens (primary N) is 1. The Morgan fingerprint density at radius 2 is 2.15 bits per heavy atom. The van der Waals surface area contributed by atoms with Crippen LogP contribution in [0.15, 0.2) is 12.4 Å². The molecule has 13 heavy (non-hydrogen) atoms. The molecule has 0 bridgehead atoms. The number of rotatable bonds is 4. The van der Waals surface area contributed by atoms with Crippen molar-refractivity contribution < 1.29 is 0 Å². The first-order valence-corrected chi connectivity index (χ1v) is 5.24. The van der Waals surface area contributed by atoms with Crippen molar-refractivity contribution in [2.45, 2.75) is 19.4 Å². The highest BCUT2D eigenvalue weighted by molar-refractivity contribution is 14.1. The van der Waals surface area contributed by atoms with E-state index in [0.717, 1.165) is 9.99 Å². The average Bonchev–Trinajstić information content (AvgIpc) is 2.09. The molecule has 3 N–H and O–H groups in total. The monoisotopic (exact) mass is 292 g/mol. The van der Waals surface area contributed by atoms with Gasteiger partial charge in [-0.25, -0.2) is 9.97 Å². The van der Waals surface area contributed by atoms with Crippen LogP contribution in [0.2, 0.25) is 0 Å². The first-order chi connectivity index (χ1) is 6.22. The predicted octanol–water partition coefficient (Wildman–Crippen LogP) is 1.23. The fraction of sp³-hybridized carbons (Fsp3) is 0.500. The zero-order valence-corrected chi connectivity index (χ0v) is 9.65. The summed E-state index contributed by atoms with van der Waals surface area (Å²) in [7, 11) is 0. The Labute approximate surface area is 91.5 Å². The van der Waals surface area contributed by atoms with Crippen molar-refractivity contribution >= 4 is 28.5 Å². The highest BCUT2D eigenvalue weighted by atomic mass is 127. The van der Waals surface area contributed by atoms with Crippen molar-refractivity contribution in [2.24, 2.45) is 5.73 Å². The first-order valence-electron chi connectivity index (χ1n) is 4.16. The van der Waals surface area contributed by atoms with Gasteiger partial charge in [0.2, 0.25) is 5.95 Å². The van der Waals surface area contributed by atoms with E-state index in [4.69, 9.17) is 5.73 Å². The third kappa shape index (κ3) is 3.86. The van der Waals surface area contributed by atoms with Crippen molar-refractivity contribution in [3.8, 4) is 0 Å².